The molecular formula is C19H26Cl2I3N4O8S4V-. The van der Waals surface area contributed by atoms with Crippen molar-refractivity contribution < 1.29 is 45.2 Å². The fraction of sp³-hybridized carbons (Fsp3) is 0.368. The van der Waals surface area contributed by atoms with Crippen LogP contribution in [0.3, 0.4) is 0 Å². The monoisotopic (exact) mass is 1070 g/mol. The standard InChI is InChI=1S/C10H13ClN2O4S.C9H11ClN2O4S.HIS.2HI.H2S.V/c1-13(18(12,14)15)5-8-6-16-10-4-7(11)2-3-9(10)17-8;10-6-1-2-8-9(3-6)15-5-7(16-8)4-12-17(11,13)14;1-2;;;;/h2-4,8H,5-6H2,1H3,(H2,12,14,15);1-3,7,12H,4-5H2,(H2,11,13,14);2H;2*1H;1H2;/q;;;;;;+2/p-3/t8-;7-;;;;;/m00...../s1. The first-order valence-electron chi connectivity index (χ1n) is 10.5. The van der Waals surface area contributed by atoms with Gasteiger partial charge in [-0.2, -0.15) is 25.9 Å². The molecule has 0 radical (unpaired) electrons. The van der Waals surface area contributed by atoms with Crippen LogP contribution < -0.4 is 33.9 Å². The Kier molecular flexibility index (Phi) is 22.0. The average molecular weight is 1070 g/mol. The van der Waals surface area contributed by atoms with Crippen LogP contribution in [0.2, 0.25) is 10.0 Å². The number of nitrogens with zero attached hydrogens (tertiary/aromatic N) is 1. The number of thiol groups is 2. The van der Waals surface area contributed by atoms with Gasteiger partial charge in [0.2, 0.25) is 0 Å². The van der Waals surface area contributed by atoms with Crippen LogP contribution in [-0.2, 0) is 43.4 Å². The van der Waals surface area contributed by atoms with Crippen molar-refractivity contribution in [3.05, 3.63) is 46.4 Å². The maximum Gasteiger partial charge on any atom is -0.813 e. The Morgan fingerprint density at radius 3 is 1.76 bits per heavy atom. The molecule has 2 aliphatic heterocycles. The van der Waals surface area contributed by atoms with E-state index in [9.17, 15) is 16.8 Å². The summed E-state index contributed by atoms with van der Waals surface area (Å²) in [7, 11) is -1.91. The largest absolute Gasteiger partial charge is 0.813 e. The molecule has 5 N–H and O–H groups in total. The van der Waals surface area contributed by atoms with Crippen molar-refractivity contribution in [2.45, 2.75) is 12.2 Å². The molecule has 235 valence electrons. The number of nitrogens with two attached hydrogens (primary N) is 2. The van der Waals surface area contributed by atoms with Gasteiger partial charge < -0.3 is 32.4 Å². The van der Waals surface area contributed by atoms with E-state index in [0.29, 0.717) is 42.5 Å². The topological polar surface area (TPSA) is 173 Å². The Balaban J connectivity index is 0.000000662. The number of halogens is 5. The molecule has 0 spiro atoms. The Morgan fingerprint density at radius 2 is 1.34 bits per heavy atom. The van der Waals surface area contributed by atoms with Gasteiger partial charge in [-0.25, -0.2) is 10.3 Å². The van der Waals surface area contributed by atoms with Gasteiger partial charge in [0.15, 0.2) is 23.0 Å². The van der Waals surface area contributed by atoms with Crippen molar-refractivity contribution in [1.82, 2.24) is 9.03 Å². The van der Waals surface area contributed by atoms with Gasteiger partial charge in [-0.15, -0.1) is 9.80 Å². The quantitative estimate of drug-likeness (QED) is 0.192. The molecule has 41 heavy (non-hydrogen) atoms. The summed E-state index contributed by atoms with van der Waals surface area (Å²) < 4.78 is 68.8. The summed E-state index contributed by atoms with van der Waals surface area (Å²) in [6.45, 7) is 0.658. The maximum absolute atomic E-state index is 11.1. The number of fused-ring (bicyclic) bond motifs is 2. The van der Waals surface area contributed by atoms with Gasteiger partial charge in [-0.1, -0.05) is 23.2 Å². The molecule has 0 amide bonds. The smallest absolute Gasteiger partial charge is 0.813 e. The first kappa shape index (κ1) is 42.4. The predicted molar refractivity (Wildman–Crippen MR) is 189 cm³/mol. The third kappa shape index (κ3) is 17.1. The van der Waals surface area contributed by atoms with Crippen molar-refractivity contribution in [3.63, 3.8) is 0 Å². The second-order valence-corrected chi connectivity index (χ2v) is 23.3. The first-order chi connectivity index (χ1) is 18.7. The zero-order valence-corrected chi connectivity index (χ0v) is 33.7. The van der Waals surface area contributed by atoms with Crippen LogP contribution in [0.25, 0.3) is 0 Å². The molecule has 0 saturated heterocycles. The van der Waals surface area contributed by atoms with Gasteiger partial charge in [0, 0.05) is 29.2 Å². The van der Waals surface area contributed by atoms with Gasteiger partial charge >= 0.3 is 49.4 Å². The molecule has 0 saturated carbocycles. The second-order valence-electron chi connectivity index (χ2n) is 7.57. The zero-order chi connectivity index (χ0) is 30.5. The summed E-state index contributed by atoms with van der Waals surface area (Å²) in [5, 5.41) is 10.9. The number of nitrogens with one attached hydrogen (secondary N) is 1. The summed E-state index contributed by atoms with van der Waals surface area (Å²) in [4.78, 5) is 0. The van der Waals surface area contributed by atoms with Crippen LogP contribution in [0.15, 0.2) is 36.4 Å². The number of ether oxygens (including phenoxy) is 4. The van der Waals surface area contributed by atoms with Crippen LogP contribution in [-0.4, -0.2) is 66.7 Å². The number of benzene rings is 2. The second kappa shape index (κ2) is 21.3. The Labute approximate surface area is 303 Å². The minimum atomic E-state index is -3.71. The number of hydrogen-bond acceptors (Lipinski definition) is 10. The van der Waals surface area contributed by atoms with E-state index in [1.807, 2.05) is 21.2 Å². The van der Waals surface area contributed by atoms with E-state index in [4.69, 9.17) is 52.4 Å². The maximum atomic E-state index is 11.1. The molecule has 2 aromatic rings. The van der Waals surface area contributed by atoms with Crippen molar-refractivity contribution in [3.8, 4) is 23.0 Å². The van der Waals surface area contributed by atoms with E-state index in [2.05, 4.69) is 54.5 Å². The summed E-state index contributed by atoms with van der Waals surface area (Å²) in [5.41, 5.74) is 0. The van der Waals surface area contributed by atoms with Crippen LogP contribution in [0, 0.1) is 0 Å². The number of rotatable bonds is 6. The van der Waals surface area contributed by atoms with Gasteiger partial charge in [0.25, 0.3) is 20.4 Å². The van der Waals surface area contributed by atoms with Crippen LogP contribution in [0.5, 0.6) is 23.0 Å². The Bertz CT molecular complexity index is 1310. The van der Waals surface area contributed by atoms with Crippen LogP contribution in [0.1, 0.15) is 0 Å². The van der Waals surface area contributed by atoms with Gasteiger partial charge in [-0.05, 0) is 45.5 Å². The molecule has 0 bridgehead atoms. The van der Waals surface area contributed by atoms with Gasteiger partial charge in [0.05, 0.1) is 13.1 Å². The van der Waals surface area contributed by atoms with Crippen LogP contribution in [0.4, 0.5) is 0 Å². The molecule has 2 atom stereocenters. The van der Waals surface area contributed by atoms with E-state index in [1.165, 1.54) is 7.05 Å². The van der Waals surface area contributed by atoms with Gasteiger partial charge in [0.1, 0.15) is 25.4 Å². The van der Waals surface area contributed by atoms with E-state index >= 15 is 0 Å². The van der Waals surface area contributed by atoms with E-state index in [-0.39, 0.29) is 39.8 Å². The van der Waals surface area contributed by atoms with Crippen LogP contribution >= 0.6 is 94.2 Å². The van der Waals surface area contributed by atoms with E-state index in [0.717, 1.165) is 4.31 Å². The minimum absolute atomic E-state index is 0. The fourth-order valence-corrected chi connectivity index (χ4v) is 4.08. The first-order valence-corrected chi connectivity index (χ1v) is 26.6. The summed E-state index contributed by atoms with van der Waals surface area (Å²) in [6, 6.07) is 9.98. The van der Waals surface area contributed by atoms with E-state index < -0.39 is 32.6 Å². The third-order valence-corrected chi connectivity index (χ3v) is 6.71. The number of likely N-dealkylation sites (N-methyl/N-ethyl adjacent to an activating group) is 1. The van der Waals surface area contributed by atoms with E-state index in [1.54, 1.807) is 36.4 Å². The Morgan fingerprint density at radius 1 is 0.927 bits per heavy atom. The molecule has 2 aromatic carbocycles. The summed E-state index contributed by atoms with van der Waals surface area (Å²) in [6.07, 6.45) is -0.816. The molecule has 2 aliphatic rings. The molecule has 0 fully saturated rings. The molecule has 22 heteroatoms. The molecular weight excluding hydrogens is 1040 g/mol. The van der Waals surface area contributed by atoms with Crippen molar-refractivity contribution in [1.29, 1.82) is 0 Å². The summed E-state index contributed by atoms with van der Waals surface area (Å²) >= 11 is 18.2. The predicted octanol–water partition coefficient (Wildman–Crippen LogP) is 3.65. The van der Waals surface area contributed by atoms with Crippen molar-refractivity contribution in [2.24, 2.45) is 10.3 Å². The van der Waals surface area contributed by atoms with Crippen molar-refractivity contribution >= 4 is 128 Å². The molecule has 12 nitrogen and oxygen atoms in total. The minimum Gasteiger partial charge on any atom is -0.813 e. The molecule has 0 aromatic heterocycles. The SMILES string of the molecule is CN(C[C@H]1COc2cc(Cl)ccc2O1)S(N)(=O)=O.NS(=O)(=O)NC[C@H]1COc2cc(Cl)ccc2O1.SI.[I][V][I].[SH-]. The fourth-order valence-electron chi connectivity index (χ4n) is 2.97. The van der Waals surface area contributed by atoms with Gasteiger partial charge in [-0.3, -0.25) is 0 Å². The average Bonchev–Trinajstić information content (AvgIpc) is 2.88. The molecule has 0 aliphatic carbocycles. The summed E-state index contributed by atoms with van der Waals surface area (Å²) in [5.74, 6) is 2.17. The number of hydrogen-bond donors (Lipinski definition) is 4. The molecule has 0 unspecified atom stereocenters. The Hall–Kier alpha value is 1.43. The third-order valence-electron chi connectivity index (χ3n) is 4.66. The molecule has 4 rings (SSSR count). The van der Waals surface area contributed by atoms with Crippen molar-refractivity contribution in [2.75, 3.05) is 33.4 Å². The normalized spacial score (nSPS) is 16.7. The molecule has 2 heterocycles. The zero-order valence-electron chi connectivity index (χ0n) is 20.9.